The van der Waals surface area contributed by atoms with Gasteiger partial charge in [0.05, 0.1) is 17.7 Å². The first kappa shape index (κ1) is 15.9. The highest BCUT2D eigenvalue weighted by atomic mass is 16.2. The molecule has 0 saturated heterocycles. The van der Waals surface area contributed by atoms with Crippen LogP contribution in [0.2, 0.25) is 0 Å². The van der Waals surface area contributed by atoms with Gasteiger partial charge in [-0.1, -0.05) is 39.8 Å². The van der Waals surface area contributed by atoms with E-state index in [1.54, 1.807) is 24.3 Å². The maximum atomic E-state index is 13.0. The first-order valence-electron chi connectivity index (χ1n) is 8.18. The van der Waals surface area contributed by atoms with Crippen molar-refractivity contribution in [2.45, 2.75) is 40.5 Å². The van der Waals surface area contributed by atoms with Crippen LogP contribution < -0.4 is 0 Å². The lowest BCUT2D eigenvalue weighted by atomic mass is 9.64. The maximum Gasteiger partial charge on any atom is 0.261 e. The van der Waals surface area contributed by atoms with Gasteiger partial charge < -0.3 is 0 Å². The lowest BCUT2D eigenvalue weighted by Gasteiger charge is -2.40. The molecule has 1 aromatic carbocycles. The van der Waals surface area contributed by atoms with Crippen molar-refractivity contribution in [2.24, 2.45) is 16.7 Å². The second-order valence-electron chi connectivity index (χ2n) is 7.66. The van der Waals surface area contributed by atoms with Gasteiger partial charge in [-0.2, -0.15) is 0 Å². The highest BCUT2D eigenvalue weighted by molar-refractivity contribution is 6.22. The van der Waals surface area contributed by atoms with Crippen LogP contribution in [0.4, 0.5) is 0 Å². The number of nitrogens with zero attached hydrogens (tertiary/aromatic N) is 1. The van der Waals surface area contributed by atoms with E-state index in [-0.39, 0.29) is 29.6 Å². The van der Waals surface area contributed by atoms with Crippen molar-refractivity contribution in [1.82, 2.24) is 4.90 Å². The van der Waals surface area contributed by atoms with Gasteiger partial charge in [0.2, 0.25) is 0 Å². The normalized spacial score (nSPS) is 29.0. The zero-order valence-corrected chi connectivity index (χ0v) is 14.2. The van der Waals surface area contributed by atoms with Crippen molar-refractivity contribution in [1.29, 1.82) is 0 Å². The van der Waals surface area contributed by atoms with Crippen molar-refractivity contribution < 1.29 is 14.4 Å². The summed E-state index contributed by atoms with van der Waals surface area (Å²) >= 11 is 0. The van der Waals surface area contributed by atoms with Gasteiger partial charge >= 0.3 is 0 Å². The summed E-state index contributed by atoms with van der Waals surface area (Å²) in [4.78, 5) is 39.0. The van der Waals surface area contributed by atoms with E-state index in [1.165, 1.54) is 0 Å². The number of carbonyl (C=O) groups is 3. The Kier molecular flexibility index (Phi) is 3.47. The summed E-state index contributed by atoms with van der Waals surface area (Å²) in [6.07, 6.45) is 1.81. The Balaban J connectivity index is 1.85. The monoisotopic (exact) mass is 313 g/mol. The molecule has 0 bridgehead atoms. The predicted molar refractivity (Wildman–Crippen MR) is 87.1 cm³/mol. The van der Waals surface area contributed by atoms with Gasteiger partial charge in [-0.3, -0.25) is 19.3 Å². The highest BCUT2D eigenvalue weighted by Crippen LogP contribution is 2.56. The fourth-order valence-corrected chi connectivity index (χ4v) is 3.93. The lowest BCUT2D eigenvalue weighted by Crippen LogP contribution is -2.46. The largest absolute Gasteiger partial charge is 0.297 e. The molecule has 0 N–H and O–H groups in total. The molecule has 1 fully saturated rings. The molecule has 0 spiro atoms. The number of amides is 2. The van der Waals surface area contributed by atoms with Crippen LogP contribution in [0.5, 0.6) is 0 Å². The molecule has 2 amide bonds. The number of fused-ring (bicyclic) bond motifs is 1. The molecular formula is C19H23NO3. The molecule has 1 aromatic rings. The molecular weight excluding hydrogens is 290 g/mol. The van der Waals surface area contributed by atoms with Gasteiger partial charge in [0.1, 0.15) is 0 Å². The molecule has 4 heteroatoms. The van der Waals surface area contributed by atoms with Crippen LogP contribution in [0.1, 0.15) is 61.3 Å². The number of ketones is 1. The van der Waals surface area contributed by atoms with E-state index in [2.05, 4.69) is 20.8 Å². The molecule has 3 rings (SSSR count). The zero-order valence-electron chi connectivity index (χ0n) is 14.2. The number of Topliss-reactive ketones (excluding diaryl/α,β-unsaturated/α-hetero) is 1. The van der Waals surface area contributed by atoms with Crippen LogP contribution in [0.15, 0.2) is 24.3 Å². The fourth-order valence-electron chi connectivity index (χ4n) is 3.93. The Morgan fingerprint density at radius 3 is 2.09 bits per heavy atom. The SMILES string of the molecule is C[C@H]1CC[C@@](C)(C(=O)CN2C(=O)c3ccccc3C2=O)C1(C)C. The standard InChI is InChI=1S/C19H23NO3/c1-12-9-10-19(4,18(12,2)3)15(21)11-20-16(22)13-7-5-6-8-14(13)17(20)23/h5-8,12H,9-11H2,1-4H3/t12-,19-/m0/s1. The van der Waals surface area contributed by atoms with Crippen LogP contribution in [0.3, 0.4) is 0 Å². The number of carbonyl (C=O) groups excluding carboxylic acids is 3. The minimum absolute atomic E-state index is 0.0126. The number of hydrogen-bond acceptors (Lipinski definition) is 3. The van der Waals surface area contributed by atoms with Crippen molar-refractivity contribution in [3.63, 3.8) is 0 Å². The van der Waals surface area contributed by atoms with E-state index in [9.17, 15) is 14.4 Å². The Bertz CT molecular complexity index is 671. The molecule has 23 heavy (non-hydrogen) atoms. The molecule has 122 valence electrons. The molecule has 1 aliphatic carbocycles. The third-order valence-corrected chi connectivity index (χ3v) is 6.53. The van der Waals surface area contributed by atoms with Gasteiger partial charge in [-0.15, -0.1) is 0 Å². The minimum atomic E-state index is -0.498. The molecule has 0 aromatic heterocycles. The van der Waals surface area contributed by atoms with E-state index in [0.29, 0.717) is 17.0 Å². The third-order valence-electron chi connectivity index (χ3n) is 6.53. The highest BCUT2D eigenvalue weighted by Gasteiger charge is 2.54. The quantitative estimate of drug-likeness (QED) is 0.804. The molecule has 4 nitrogen and oxygen atoms in total. The van der Waals surface area contributed by atoms with E-state index in [0.717, 1.165) is 17.7 Å². The minimum Gasteiger partial charge on any atom is -0.297 e. The van der Waals surface area contributed by atoms with Gasteiger partial charge in [-0.05, 0) is 36.3 Å². The fraction of sp³-hybridized carbons (Fsp3) is 0.526. The third kappa shape index (κ3) is 2.07. The van der Waals surface area contributed by atoms with Crippen molar-refractivity contribution in [3.8, 4) is 0 Å². The maximum absolute atomic E-state index is 13.0. The molecule has 0 unspecified atom stereocenters. The number of benzene rings is 1. The summed E-state index contributed by atoms with van der Waals surface area (Å²) in [7, 11) is 0. The van der Waals surface area contributed by atoms with E-state index in [1.807, 2.05) is 6.92 Å². The van der Waals surface area contributed by atoms with Gasteiger partial charge in [0.25, 0.3) is 11.8 Å². The Hall–Kier alpha value is -1.97. The molecule has 1 saturated carbocycles. The van der Waals surface area contributed by atoms with Crippen molar-refractivity contribution in [3.05, 3.63) is 35.4 Å². The Morgan fingerprint density at radius 1 is 1.13 bits per heavy atom. The summed E-state index contributed by atoms with van der Waals surface area (Å²) in [5.74, 6) is -0.280. The summed E-state index contributed by atoms with van der Waals surface area (Å²) in [5.41, 5.74) is 0.161. The van der Waals surface area contributed by atoms with Gasteiger partial charge in [-0.25, -0.2) is 0 Å². The van der Waals surface area contributed by atoms with Crippen LogP contribution in [0, 0.1) is 16.7 Å². The Morgan fingerprint density at radius 2 is 1.65 bits per heavy atom. The molecule has 1 heterocycles. The van der Waals surface area contributed by atoms with Gasteiger partial charge in [0, 0.05) is 5.41 Å². The first-order valence-corrected chi connectivity index (χ1v) is 8.18. The summed E-state index contributed by atoms with van der Waals surface area (Å²) in [5, 5.41) is 0. The van der Waals surface area contributed by atoms with E-state index in [4.69, 9.17) is 0 Å². The summed E-state index contributed by atoms with van der Waals surface area (Å²) < 4.78 is 0. The topological polar surface area (TPSA) is 54.5 Å². The molecule has 0 radical (unpaired) electrons. The van der Waals surface area contributed by atoms with Crippen LogP contribution in [-0.2, 0) is 4.79 Å². The molecule has 2 aliphatic rings. The summed E-state index contributed by atoms with van der Waals surface area (Å²) in [6, 6.07) is 6.75. The van der Waals surface area contributed by atoms with E-state index < -0.39 is 5.41 Å². The van der Waals surface area contributed by atoms with Crippen molar-refractivity contribution in [2.75, 3.05) is 6.54 Å². The van der Waals surface area contributed by atoms with Gasteiger partial charge in [0.15, 0.2) is 5.78 Å². The second kappa shape index (κ2) is 5.02. The average molecular weight is 313 g/mol. The molecule has 2 atom stereocenters. The lowest BCUT2D eigenvalue weighted by molar-refractivity contribution is -0.133. The molecule has 1 aliphatic heterocycles. The number of rotatable bonds is 3. The summed E-state index contributed by atoms with van der Waals surface area (Å²) in [6.45, 7) is 8.26. The van der Waals surface area contributed by atoms with E-state index >= 15 is 0 Å². The predicted octanol–water partition coefficient (Wildman–Crippen LogP) is 3.31. The van der Waals surface area contributed by atoms with Crippen molar-refractivity contribution >= 4 is 17.6 Å². The average Bonchev–Trinajstić information content (AvgIpc) is 2.89. The van der Waals surface area contributed by atoms with Crippen LogP contribution in [-0.4, -0.2) is 29.0 Å². The zero-order chi connectivity index (χ0) is 17.0. The Labute approximate surface area is 136 Å². The first-order chi connectivity index (χ1) is 10.7. The smallest absolute Gasteiger partial charge is 0.261 e. The second-order valence-corrected chi connectivity index (χ2v) is 7.66. The van der Waals surface area contributed by atoms with Crippen LogP contribution >= 0.6 is 0 Å². The number of imide groups is 1. The number of hydrogen-bond donors (Lipinski definition) is 0. The van der Waals surface area contributed by atoms with Crippen LogP contribution in [0.25, 0.3) is 0 Å².